The molecule has 1 aliphatic rings. The maximum atomic E-state index is 12.0. The van der Waals surface area contributed by atoms with Gasteiger partial charge in [-0.3, -0.25) is 4.79 Å². The Bertz CT molecular complexity index is 456. The third-order valence-corrected chi connectivity index (χ3v) is 4.16. The number of hydrogen-bond acceptors (Lipinski definition) is 3. The van der Waals surface area contributed by atoms with Crippen molar-refractivity contribution < 1.29 is 4.79 Å². The molecule has 112 valence electrons. The average Bonchev–Trinajstić information content (AvgIpc) is 3.01. The predicted molar refractivity (Wildman–Crippen MR) is 79.5 cm³/mol. The Morgan fingerprint density at radius 1 is 1.55 bits per heavy atom. The molecule has 1 saturated heterocycles. The van der Waals surface area contributed by atoms with Crippen molar-refractivity contribution in [1.82, 2.24) is 19.8 Å². The second kappa shape index (κ2) is 6.39. The lowest BCUT2D eigenvalue weighted by molar-refractivity contribution is -0.121. The van der Waals surface area contributed by atoms with Crippen LogP contribution in [0.2, 0.25) is 0 Å². The van der Waals surface area contributed by atoms with Crippen LogP contribution in [0.4, 0.5) is 0 Å². The number of aromatic nitrogens is 2. The fourth-order valence-electron chi connectivity index (χ4n) is 2.90. The highest BCUT2D eigenvalue weighted by Crippen LogP contribution is 2.27. The number of rotatable bonds is 6. The smallest absolute Gasteiger partial charge is 0.221 e. The number of carbonyl (C=O) groups is 1. The van der Waals surface area contributed by atoms with E-state index in [0.717, 1.165) is 38.3 Å². The first kappa shape index (κ1) is 15.0. The summed E-state index contributed by atoms with van der Waals surface area (Å²) in [4.78, 5) is 18.6. The molecule has 0 aliphatic carbocycles. The molecule has 0 radical (unpaired) electrons. The van der Waals surface area contributed by atoms with E-state index in [9.17, 15) is 4.79 Å². The molecule has 0 unspecified atom stereocenters. The molecule has 0 saturated carbocycles. The largest absolute Gasteiger partial charge is 0.355 e. The summed E-state index contributed by atoms with van der Waals surface area (Å²) in [5.74, 6) is 1.18. The molecular weight excluding hydrogens is 252 g/mol. The van der Waals surface area contributed by atoms with Crippen LogP contribution >= 0.6 is 0 Å². The molecule has 1 aromatic heterocycles. The van der Waals surface area contributed by atoms with E-state index >= 15 is 0 Å². The molecule has 1 fully saturated rings. The normalized spacial score (nSPS) is 23.1. The fraction of sp³-hybridized carbons (Fsp3) is 0.733. The van der Waals surface area contributed by atoms with E-state index in [1.54, 1.807) is 6.20 Å². The summed E-state index contributed by atoms with van der Waals surface area (Å²) in [5, 5.41) is 3.09. The molecule has 0 spiro atoms. The molecule has 1 atom stereocenters. The molecule has 20 heavy (non-hydrogen) atoms. The maximum Gasteiger partial charge on any atom is 0.221 e. The van der Waals surface area contributed by atoms with E-state index in [2.05, 4.69) is 40.7 Å². The van der Waals surface area contributed by atoms with Gasteiger partial charge in [-0.05, 0) is 25.4 Å². The molecule has 5 nitrogen and oxygen atoms in total. The predicted octanol–water partition coefficient (Wildman–Crippen LogP) is 1.29. The summed E-state index contributed by atoms with van der Waals surface area (Å²) in [6.45, 7) is 8.01. The van der Waals surface area contributed by atoms with Gasteiger partial charge in [0.15, 0.2) is 0 Å². The van der Waals surface area contributed by atoms with Crippen molar-refractivity contribution in [2.75, 3.05) is 26.7 Å². The molecular formula is C15H26N4O. The van der Waals surface area contributed by atoms with Crippen molar-refractivity contribution in [2.45, 2.75) is 39.7 Å². The highest BCUT2D eigenvalue weighted by atomic mass is 16.1. The first-order valence-corrected chi connectivity index (χ1v) is 7.48. The van der Waals surface area contributed by atoms with Crippen LogP contribution in [0.5, 0.6) is 0 Å². The molecule has 1 aromatic rings. The monoisotopic (exact) mass is 278 g/mol. The highest BCUT2D eigenvalue weighted by molar-refractivity contribution is 5.75. The lowest BCUT2D eigenvalue weighted by Crippen LogP contribution is -2.37. The Balaban J connectivity index is 1.73. The summed E-state index contributed by atoms with van der Waals surface area (Å²) in [7, 11) is 2.14. The van der Waals surface area contributed by atoms with E-state index in [-0.39, 0.29) is 11.3 Å². The summed E-state index contributed by atoms with van der Waals surface area (Å²) < 4.78 is 2.06. The number of hydrogen-bond donors (Lipinski definition) is 1. The molecule has 1 amide bonds. The van der Waals surface area contributed by atoms with Crippen LogP contribution in [0.15, 0.2) is 12.4 Å². The molecule has 0 bridgehead atoms. The summed E-state index contributed by atoms with van der Waals surface area (Å²) in [5.41, 5.74) is 0.230. The van der Waals surface area contributed by atoms with Gasteiger partial charge in [-0.25, -0.2) is 4.98 Å². The third-order valence-electron chi connectivity index (χ3n) is 4.16. The fourth-order valence-corrected chi connectivity index (χ4v) is 2.90. The molecule has 1 N–H and O–H groups in total. The van der Waals surface area contributed by atoms with Gasteiger partial charge < -0.3 is 14.8 Å². The molecule has 2 heterocycles. The van der Waals surface area contributed by atoms with Crippen LogP contribution in [-0.4, -0.2) is 47.0 Å². The Morgan fingerprint density at radius 3 is 3.00 bits per heavy atom. The minimum Gasteiger partial charge on any atom is -0.355 e. The van der Waals surface area contributed by atoms with Gasteiger partial charge >= 0.3 is 0 Å². The first-order valence-electron chi connectivity index (χ1n) is 7.48. The number of aryl methyl sites for hydroxylation is 2. The lowest BCUT2D eigenvalue weighted by Gasteiger charge is -2.24. The van der Waals surface area contributed by atoms with Crippen LogP contribution in [0.25, 0.3) is 0 Å². The van der Waals surface area contributed by atoms with E-state index in [1.807, 2.05) is 6.20 Å². The van der Waals surface area contributed by atoms with Crippen LogP contribution in [-0.2, 0) is 17.8 Å². The second-order valence-electron chi connectivity index (χ2n) is 6.22. The van der Waals surface area contributed by atoms with Crippen molar-refractivity contribution in [3.63, 3.8) is 0 Å². The van der Waals surface area contributed by atoms with E-state index in [0.29, 0.717) is 13.0 Å². The number of nitrogens with one attached hydrogen (secondary N) is 1. The Morgan fingerprint density at radius 2 is 2.35 bits per heavy atom. The van der Waals surface area contributed by atoms with Gasteiger partial charge in [0.05, 0.1) is 0 Å². The zero-order valence-electron chi connectivity index (χ0n) is 12.9. The Labute approximate surface area is 121 Å². The standard InChI is InChI=1S/C15H26N4O/c1-4-13-16-7-10-19(13)8-5-14(20)17-11-15(2)6-9-18(3)12-15/h7,10H,4-6,8-9,11-12H2,1-3H3,(H,17,20)/t15-/m1/s1. The zero-order chi connectivity index (χ0) is 14.6. The highest BCUT2D eigenvalue weighted by Gasteiger charge is 2.31. The van der Waals surface area contributed by atoms with Crippen molar-refractivity contribution in [1.29, 1.82) is 0 Å². The van der Waals surface area contributed by atoms with E-state index < -0.39 is 0 Å². The number of nitrogens with zero attached hydrogens (tertiary/aromatic N) is 3. The van der Waals surface area contributed by atoms with Gasteiger partial charge in [0.1, 0.15) is 5.82 Å². The number of carbonyl (C=O) groups excluding carboxylic acids is 1. The molecule has 0 aromatic carbocycles. The minimum atomic E-state index is 0.136. The summed E-state index contributed by atoms with van der Waals surface area (Å²) in [6, 6.07) is 0. The SMILES string of the molecule is CCc1nccn1CCC(=O)NC[C@@]1(C)CCN(C)C1. The van der Waals surface area contributed by atoms with Crippen molar-refractivity contribution in [2.24, 2.45) is 5.41 Å². The van der Waals surface area contributed by atoms with E-state index in [4.69, 9.17) is 0 Å². The van der Waals surface area contributed by atoms with Crippen LogP contribution in [0.1, 0.15) is 32.5 Å². The first-order chi connectivity index (χ1) is 9.52. The zero-order valence-corrected chi connectivity index (χ0v) is 12.9. The molecule has 1 aliphatic heterocycles. The molecule has 2 rings (SSSR count). The van der Waals surface area contributed by atoms with Crippen LogP contribution < -0.4 is 5.32 Å². The number of imidazole rings is 1. The van der Waals surface area contributed by atoms with Gasteiger partial charge in [-0.15, -0.1) is 0 Å². The van der Waals surface area contributed by atoms with Gasteiger partial charge in [0.2, 0.25) is 5.91 Å². The van der Waals surface area contributed by atoms with Gasteiger partial charge in [-0.2, -0.15) is 0 Å². The van der Waals surface area contributed by atoms with Crippen LogP contribution in [0, 0.1) is 5.41 Å². The molecule has 5 heteroatoms. The summed E-state index contributed by atoms with van der Waals surface area (Å²) in [6.07, 6.45) is 6.32. The van der Waals surface area contributed by atoms with Crippen molar-refractivity contribution >= 4 is 5.91 Å². The lowest BCUT2D eigenvalue weighted by atomic mass is 9.90. The van der Waals surface area contributed by atoms with Crippen molar-refractivity contribution in [3.8, 4) is 0 Å². The number of amides is 1. The summed E-state index contributed by atoms with van der Waals surface area (Å²) >= 11 is 0. The Hall–Kier alpha value is -1.36. The number of likely N-dealkylation sites (tertiary alicyclic amines) is 1. The van der Waals surface area contributed by atoms with Gasteiger partial charge in [0.25, 0.3) is 0 Å². The van der Waals surface area contributed by atoms with Crippen LogP contribution in [0.3, 0.4) is 0 Å². The maximum absolute atomic E-state index is 12.0. The van der Waals surface area contributed by atoms with E-state index in [1.165, 1.54) is 0 Å². The second-order valence-corrected chi connectivity index (χ2v) is 6.22. The van der Waals surface area contributed by atoms with Crippen molar-refractivity contribution in [3.05, 3.63) is 18.2 Å². The van der Waals surface area contributed by atoms with Gasteiger partial charge in [-0.1, -0.05) is 13.8 Å². The Kier molecular flexibility index (Phi) is 4.81. The topological polar surface area (TPSA) is 50.2 Å². The average molecular weight is 278 g/mol. The third kappa shape index (κ3) is 3.82. The minimum absolute atomic E-state index is 0.136. The van der Waals surface area contributed by atoms with Gasteiger partial charge in [0, 0.05) is 44.9 Å². The quantitative estimate of drug-likeness (QED) is 0.853.